The first-order chi connectivity index (χ1) is 7.18. The Morgan fingerprint density at radius 3 is 2.80 bits per heavy atom. The van der Waals surface area contributed by atoms with Crippen molar-refractivity contribution < 1.29 is 4.79 Å². The van der Waals surface area contributed by atoms with Gasteiger partial charge in [0.2, 0.25) is 0 Å². The lowest BCUT2D eigenvalue weighted by molar-refractivity contribution is -0.119. The highest BCUT2D eigenvalue weighted by molar-refractivity contribution is 5.78. The van der Waals surface area contributed by atoms with Crippen molar-refractivity contribution >= 4 is 5.78 Å². The third-order valence-corrected chi connectivity index (χ3v) is 3.23. The van der Waals surface area contributed by atoms with Crippen molar-refractivity contribution in [1.29, 1.82) is 0 Å². The smallest absolute Gasteiger partial charge is 0.132 e. The predicted octanol–water partition coefficient (Wildman–Crippen LogP) is 2.77. The normalized spacial score (nSPS) is 21.9. The quantitative estimate of drug-likeness (QED) is 0.732. The molecule has 1 rings (SSSR count). The molecule has 0 aliphatic carbocycles. The summed E-state index contributed by atoms with van der Waals surface area (Å²) < 4.78 is 0. The number of hydrogen-bond acceptors (Lipinski definition) is 2. The summed E-state index contributed by atoms with van der Waals surface area (Å²) in [4.78, 5) is 11.6. The number of ketones is 1. The van der Waals surface area contributed by atoms with Crippen LogP contribution in [-0.4, -0.2) is 18.9 Å². The molecule has 0 saturated carbocycles. The van der Waals surface area contributed by atoms with E-state index in [9.17, 15) is 4.79 Å². The van der Waals surface area contributed by atoms with E-state index in [1.165, 1.54) is 12.8 Å². The third-order valence-electron chi connectivity index (χ3n) is 3.23. The summed E-state index contributed by atoms with van der Waals surface area (Å²) in [6.45, 7) is 6.64. The largest absolute Gasteiger partial charge is 0.316 e. The van der Waals surface area contributed by atoms with Gasteiger partial charge in [-0.2, -0.15) is 0 Å². The van der Waals surface area contributed by atoms with Gasteiger partial charge in [0.1, 0.15) is 5.78 Å². The van der Waals surface area contributed by atoms with Crippen LogP contribution in [0.25, 0.3) is 0 Å². The van der Waals surface area contributed by atoms with Gasteiger partial charge in [-0.3, -0.25) is 4.79 Å². The Labute approximate surface area is 93.8 Å². The summed E-state index contributed by atoms with van der Waals surface area (Å²) in [5, 5.41) is 3.40. The summed E-state index contributed by atoms with van der Waals surface area (Å²) in [5.41, 5.74) is 0. The molecule has 15 heavy (non-hydrogen) atoms. The molecule has 2 nitrogen and oxygen atoms in total. The molecule has 1 fully saturated rings. The van der Waals surface area contributed by atoms with Gasteiger partial charge in [0.25, 0.3) is 0 Å². The van der Waals surface area contributed by atoms with Crippen LogP contribution in [0, 0.1) is 11.8 Å². The minimum atomic E-state index is 0.467. The Bertz CT molecular complexity index is 183. The van der Waals surface area contributed by atoms with E-state index < -0.39 is 0 Å². The maximum Gasteiger partial charge on any atom is 0.132 e. The fourth-order valence-electron chi connectivity index (χ4n) is 2.11. The van der Waals surface area contributed by atoms with Crippen LogP contribution in [0.1, 0.15) is 52.4 Å². The molecule has 0 aromatic rings. The van der Waals surface area contributed by atoms with E-state index in [0.717, 1.165) is 44.7 Å². The van der Waals surface area contributed by atoms with Crippen molar-refractivity contribution in [3.63, 3.8) is 0 Å². The molecular formula is C13H25NO. The summed E-state index contributed by atoms with van der Waals surface area (Å²) in [5.74, 6) is 1.88. The zero-order valence-electron chi connectivity index (χ0n) is 10.2. The van der Waals surface area contributed by atoms with Crippen molar-refractivity contribution in [1.82, 2.24) is 5.32 Å². The average Bonchev–Trinajstić information content (AvgIpc) is 2.25. The highest BCUT2D eigenvalue weighted by atomic mass is 16.1. The maximum atomic E-state index is 11.6. The molecule has 0 aromatic carbocycles. The first-order valence-corrected chi connectivity index (χ1v) is 6.41. The van der Waals surface area contributed by atoms with Crippen molar-refractivity contribution in [2.24, 2.45) is 11.8 Å². The second-order valence-electron chi connectivity index (χ2n) is 5.22. The van der Waals surface area contributed by atoms with Gasteiger partial charge in [0, 0.05) is 12.8 Å². The van der Waals surface area contributed by atoms with Crippen LogP contribution in [0.3, 0.4) is 0 Å². The molecule has 0 radical (unpaired) electrons. The molecule has 1 aliphatic heterocycles. The molecule has 88 valence electrons. The summed E-state index contributed by atoms with van der Waals surface area (Å²) in [6, 6.07) is 0. The van der Waals surface area contributed by atoms with Crippen LogP contribution in [0.2, 0.25) is 0 Å². The number of carbonyl (C=O) groups is 1. The van der Waals surface area contributed by atoms with Gasteiger partial charge in [-0.1, -0.05) is 13.8 Å². The van der Waals surface area contributed by atoms with E-state index in [-0.39, 0.29) is 0 Å². The fraction of sp³-hybridized carbons (Fsp3) is 0.923. The van der Waals surface area contributed by atoms with E-state index in [1.54, 1.807) is 0 Å². The van der Waals surface area contributed by atoms with Crippen LogP contribution in [0.15, 0.2) is 0 Å². The molecule has 1 atom stereocenters. The number of carbonyl (C=O) groups excluding carboxylic acids is 1. The average molecular weight is 211 g/mol. The number of piperidine rings is 1. The number of hydrogen-bond donors (Lipinski definition) is 1. The van der Waals surface area contributed by atoms with Crippen LogP contribution in [0.5, 0.6) is 0 Å². The van der Waals surface area contributed by atoms with Crippen molar-refractivity contribution in [3.8, 4) is 0 Å². The molecule has 1 saturated heterocycles. The zero-order chi connectivity index (χ0) is 11.1. The zero-order valence-corrected chi connectivity index (χ0v) is 10.2. The Kier molecular flexibility index (Phi) is 5.92. The third kappa shape index (κ3) is 5.93. The lowest BCUT2D eigenvalue weighted by Gasteiger charge is -2.22. The van der Waals surface area contributed by atoms with Crippen molar-refractivity contribution in [2.75, 3.05) is 13.1 Å². The molecular weight excluding hydrogens is 186 g/mol. The van der Waals surface area contributed by atoms with Gasteiger partial charge < -0.3 is 5.32 Å². The van der Waals surface area contributed by atoms with Crippen LogP contribution in [0.4, 0.5) is 0 Å². The van der Waals surface area contributed by atoms with Gasteiger partial charge >= 0.3 is 0 Å². The van der Waals surface area contributed by atoms with Crippen molar-refractivity contribution in [3.05, 3.63) is 0 Å². The lowest BCUT2D eigenvalue weighted by Crippen LogP contribution is -2.30. The monoisotopic (exact) mass is 211 g/mol. The molecule has 0 bridgehead atoms. The van der Waals surface area contributed by atoms with Gasteiger partial charge in [-0.05, 0) is 50.6 Å². The topological polar surface area (TPSA) is 29.1 Å². The van der Waals surface area contributed by atoms with Crippen LogP contribution >= 0.6 is 0 Å². The SMILES string of the molecule is CC(C)CCC(=O)CCC1CCCNC1. The minimum absolute atomic E-state index is 0.467. The van der Waals surface area contributed by atoms with Crippen LogP contribution in [-0.2, 0) is 4.79 Å². The lowest BCUT2D eigenvalue weighted by atomic mass is 9.92. The van der Waals surface area contributed by atoms with Gasteiger partial charge in [-0.25, -0.2) is 0 Å². The Balaban J connectivity index is 2.05. The van der Waals surface area contributed by atoms with Crippen molar-refractivity contribution in [2.45, 2.75) is 52.4 Å². The van der Waals surface area contributed by atoms with E-state index in [4.69, 9.17) is 0 Å². The van der Waals surface area contributed by atoms with Gasteiger partial charge in [0.15, 0.2) is 0 Å². The predicted molar refractivity (Wildman–Crippen MR) is 63.9 cm³/mol. The van der Waals surface area contributed by atoms with Gasteiger partial charge in [-0.15, -0.1) is 0 Å². The highest BCUT2D eigenvalue weighted by Gasteiger charge is 2.14. The molecule has 1 heterocycles. The second kappa shape index (κ2) is 7.00. The molecule has 1 aliphatic rings. The molecule has 1 N–H and O–H groups in total. The Morgan fingerprint density at radius 2 is 2.20 bits per heavy atom. The van der Waals surface area contributed by atoms with Crippen LogP contribution < -0.4 is 5.32 Å². The first-order valence-electron chi connectivity index (χ1n) is 6.41. The summed E-state index contributed by atoms with van der Waals surface area (Å²) in [6.07, 6.45) is 6.35. The molecule has 0 aromatic heterocycles. The number of rotatable bonds is 6. The Hall–Kier alpha value is -0.370. The Morgan fingerprint density at radius 1 is 1.40 bits per heavy atom. The minimum Gasteiger partial charge on any atom is -0.316 e. The van der Waals surface area contributed by atoms with E-state index in [2.05, 4.69) is 19.2 Å². The molecule has 2 heteroatoms. The second-order valence-corrected chi connectivity index (χ2v) is 5.22. The number of Topliss-reactive ketones (excluding diaryl/α,β-unsaturated/α-hetero) is 1. The van der Waals surface area contributed by atoms with E-state index >= 15 is 0 Å². The highest BCUT2D eigenvalue weighted by Crippen LogP contribution is 2.17. The molecule has 1 unspecified atom stereocenters. The van der Waals surface area contributed by atoms with E-state index in [1.807, 2.05) is 0 Å². The first kappa shape index (κ1) is 12.7. The summed E-state index contributed by atoms with van der Waals surface area (Å²) >= 11 is 0. The fourth-order valence-corrected chi connectivity index (χ4v) is 2.11. The standard InChI is InChI=1S/C13H25NO/c1-11(2)5-7-13(15)8-6-12-4-3-9-14-10-12/h11-12,14H,3-10H2,1-2H3. The number of nitrogens with one attached hydrogen (secondary N) is 1. The molecule has 0 amide bonds. The molecule has 0 spiro atoms. The van der Waals surface area contributed by atoms with Gasteiger partial charge in [0.05, 0.1) is 0 Å². The maximum absolute atomic E-state index is 11.6. The van der Waals surface area contributed by atoms with E-state index in [0.29, 0.717) is 11.7 Å². The summed E-state index contributed by atoms with van der Waals surface area (Å²) in [7, 11) is 0.